The fraction of sp³-hybridized carbons (Fsp3) is 0.909. The number of Topliss-reactive ketones (excluding diaryl/α,β-unsaturated/α-hetero) is 1. The quantitative estimate of drug-likeness (QED) is 0.651. The summed E-state index contributed by atoms with van der Waals surface area (Å²) in [5, 5.41) is 0.942. The van der Waals surface area contributed by atoms with Crippen LogP contribution >= 0.6 is 15.9 Å². The molecule has 0 aromatic heterocycles. The molecular weight excluding hydrogens is 228 g/mol. The Hall–Kier alpha value is 0.150. The summed E-state index contributed by atoms with van der Waals surface area (Å²) in [6.45, 7) is 6.65. The lowest BCUT2D eigenvalue weighted by atomic mass is 9.89. The molecule has 0 saturated carbocycles. The molecule has 0 spiro atoms. The van der Waals surface area contributed by atoms with Gasteiger partial charge in [0.15, 0.2) is 0 Å². The minimum Gasteiger partial charge on any atom is -0.300 e. The first-order valence-corrected chi connectivity index (χ1v) is 6.15. The van der Waals surface area contributed by atoms with Crippen LogP contribution in [0.2, 0.25) is 0 Å². The van der Waals surface area contributed by atoms with Crippen LogP contribution in [0.4, 0.5) is 0 Å². The maximum Gasteiger partial charge on any atom is 0.132 e. The molecular formula is C11H21BrO. The van der Waals surface area contributed by atoms with E-state index in [1.54, 1.807) is 0 Å². The van der Waals surface area contributed by atoms with Crippen molar-refractivity contribution in [1.82, 2.24) is 0 Å². The summed E-state index contributed by atoms with van der Waals surface area (Å²) in [4.78, 5) is 11.3. The lowest BCUT2D eigenvalue weighted by molar-refractivity contribution is -0.119. The standard InChI is InChI=1S/C11H21BrO/c1-11(2,3)8-4-6-10(13)7-5-9-12/h4-9H2,1-3H3. The average Bonchev–Trinajstić information content (AvgIpc) is 1.98. The summed E-state index contributed by atoms with van der Waals surface area (Å²) in [6, 6.07) is 0. The van der Waals surface area contributed by atoms with Gasteiger partial charge in [0.05, 0.1) is 0 Å². The molecule has 0 saturated heterocycles. The van der Waals surface area contributed by atoms with E-state index in [4.69, 9.17) is 0 Å². The summed E-state index contributed by atoms with van der Waals surface area (Å²) in [7, 11) is 0. The first kappa shape index (κ1) is 13.2. The maximum atomic E-state index is 11.3. The third kappa shape index (κ3) is 10.1. The average molecular weight is 249 g/mol. The highest BCUT2D eigenvalue weighted by Crippen LogP contribution is 2.21. The molecule has 0 bridgehead atoms. The van der Waals surface area contributed by atoms with Gasteiger partial charge in [-0.15, -0.1) is 0 Å². The summed E-state index contributed by atoms with van der Waals surface area (Å²) < 4.78 is 0. The van der Waals surface area contributed by atoms with Crippen molar-refractivity contribution >= 4 is 21.7 Å². The highest BCUT2D eigenvalue weighted by atomic mass is 79.9. The molecule has 0 aliphatic carbocycles. The minimum atomic E-state index is 0.371. The first-order valence-electron chi connectivity index (χ1n) is 5.03. The summed E-state index contributed by atoms with van der Waals surface area (Å²) in [5.41, 5.74) is 0.371. The van der Waals surface area contributed by atoms with Crippen LogP contribution in [0.1, 0.15) is 52.9 Å². The Kier molecular flexibility index (Phi) is 6.66. The first-order chi connectivity index (χ1) is 5.95. The lowest BCUT2D eigenvalue weighted by Gasteiger charge is -2.17. The molecule has 13 heavy (non-hydrogen) atoms. The second-order valence-corrected chi connectivity index (χ2v) is 5.54. The molecule has 0 unspecified atom stereocenters. The van der Waals surface area contributed by atoms with Gasteiger partial charge in [0.1, 0.15) is 5.78 Å². The van der Waals surface area contributed by atoms with Crippen LogP contribution in [0.5, 0.6) is 0 Å². The number of halogens is 1. The molecule has 0 aliphatic rings. The summed E-state index contributed by atoms with van der Waals surface area (Å²) in [5.74, 6) is 0.420. The normalized spacial score (nSPS) is 11.7. The lowest BCUT2D eigenvalue weighted by Crippen LogP contribution is -2.06. The number of rotatable bonds is 6. The maximum absolute atomic E-state index is 11.3. The number of hydrogen-bond acceptors (Lipinski definition) is 1. The van der Waals surface area contributed by atoms with Crippen molar-refractivity contribution in [3.8, 4) is 0 Å². The smallest absolute Gasteiger partial charge is 0.132 e. The molecule has 0 aromatic carbocycles. The molecule has 0 amide bonds. The highest BCUT2D eigenvalue weighted by molar-refractivity contribution is 9.09. The van der Waals surface area contributed by atoms with E-state index in [0.29, 0.717) is 11.2 Å². The van der Waals surface area contributed by atoms with Crippen molar-refractivity contribution in [3.63, 3.8) is 0 Å². The molecule has 1 nitrogen and oxygen atoms in total. The molecule has 78 valence electrons. The number of hydrogen-bond donors (Lipinski definition) is 0. The zero-order chi connectivity index (χ0) is 10.3. The van der Waals surface area contributed by atoms with E-state index in [1.165, 1.54) is 0 Å². The second kappa shape index (κ2) is 6.58. The van der Waals surface area contributed by atoms with Crippen molar-refractivity contribution in [3.05, 3.63) is 0 Å². The van der Waals surface area contributed by atoms with Crippen molar-refractivity contribution in [2.45, 2.75) is 52.9 Å². The Bertz CT molecular complexity index is 147. The largest absolute Gasteiger partial charge is 0.300 e. The Morgan fingerprint density at radius 1 is 1.15 bits per heavy atom. The van der Waals surface area contributed by atoms with Gasteiger partial charge < -0.3 is 0 Å². The number of ketones is 1. The molecule has 0 aromatic rings. The van der Waals surface area contributed by atoms with Crippen LogP contribution in [0, 0.1) is 5.41 Å². The van der Waals surface area contributed by atoms with Gasteiger partial charge in [-0.25, -0.2) is 0 Å². The molecule has 0 atom stereocenters. The van der Waals surface area contributed by atoms with Gasteiger partial charge >= 0.3 is 0 Å². The molecule has 0 radical (unpaired) electrons. The van der Waals surface area contributed by atoms with E-state index in [-0.39, 0.29) is 0 Å². The van der Waals surface area contributed by atoms with Crippen molar-refractivity contribution in [2.75, 3.05) is 5.33 Å². The van der Waals surface area contributed by atoms with E-state index in [2.05, 4.69) is 36.7 Å². The number of alkyl halides is 1. The molecule has 0 rings (SSSR count). The third-order valence-corrected chi connectivity index (χ3v) is 2.53. The Labute approximate surface area is 90.4 Å². The van der Waals surface area contributed by atoms with Gasteiger partial charge in [-0.1, -0.05) is 36.7 Å². The third-order valence-electron chi connectivity index (χ3n) is 1.97. The summed E-state index contributed by atoms with van der Waals surface area (Å²) >= 11 is 3.33. The Morgan fingerprint density at radius 2 is 1.69 bits per heavy atom. The highest BCUT2D eigenvalue weighted by Gasteiger charge is 2.10. The second-order valence-electron chi connectivity index (χ2n) is 4.75. The van der Waals surface area contributed by atoms with Gasteiger partial charge in [-0.05, 0) is 24.7 Å². The van der Waals surface area contributed by atoms with Crippen molar-refractivity contribution in [2.24, 2.45) is 5.41 Å². The van der Waals surface area contributed by atoms with E-state index in [9.17, 15) is 4.79 Å². The van der Waals surface area contributed by atoms with Gasteiger partial charge in [0.2, 0.25) is 0 Å². The Morgan fingerprint density at radius 3 is 2.15 bits per heavy atom. The van der Waals surface area contributed by atoms with Gasteiger partial charge in [0.25, 0.3) is 0 Å². The van der Waals surface area contributed by atoms with Gasteiger partial charge in [-0.3, -0.25) is 4.79 Å². The number of carbonyl (C=O) groups excluding carboxylic acids is 1. The molecule has 0 heterocycles. The van der Waals surface area contributed by atoms with E-state index >= 15 is 0 Å². The van der Waals surface area contributed by atoms with E-state index in [0.717, 1.165) is 37.4 Å². The van der Waals surface area contributed by atoms with E-state index < -0.39 is 0 Å². The van der Waals surface area contributed by atoms with Crippen LogP contribution in [-0.4, -0.2) is 11.1 Å². The van der Waals surface area contributed by atoms with Crippen molar-refractivity contribution in [1.29, 1.82) is 0 Å². The minimum absolute atomic E-state index is 0.371. The molecule has 0 N–H and O–H groups in total. The fourth-order valence-electron chi connectivity index (χ4n) is 1.20. The van der Waals surface area contributed by atoms with Crippen LogP contribution in [0.3, 0.4) is 0 Å². The fourth-order valence-corrected chi connectivity index (χ4v) is 1.49. The topological polar surface area (TPSA) is 17.1 Å². The van der Waals surface area contributed by atoms with Crippen LogP contribution < -0.4 is 0 Å². The molecule has 0 fully saturated rings. The van der Waals surface area contributed by atoms with Gasteiger partial charge in [-0.2, -0.15) is 0 Å². The van der Waals surface area contributed by atoms with Crippen LogP contribution in [0.25, 0.3) is 0 Å². The SMILES string of the molecule is CC(C)(C)CCCC(=O)CCCBr. The molecule has 2 heteroatoms. The predicted molar refractivity (Wildman–Crippen MR) is 61.3 cm³/mol. The monoisotopic (exact) mass is 248 g/mol. The Balaban J connectivity index is 3.37. The molecule has 0 aliphatic heterocycles. The van der Waals surface area contributed by atoms with E-state index in [1.807, 2.05) is 0 Å². The van der Waals surface area contributed by atoms with Crippen LogP contribution in [-0.2, 0) is 4.79 Å². The summed E-state index contributed by atoms with van der Waals surface area (Å²) in [6.07, 6.45) is 4.69. The predicted octanol–water partition coefficient (Wildman–Crippen LogP) is 3.95. The zero-order valence-electron chi connectivity index (χ0n) is 9.03. The zero-order valence-corrected chi connectivity index (χ0v) is 10.6. The van der Waals surface area contributed by atoms with Crippen molar-refractivity contribution < 1.29 is 4.79 Å². The van der Waals surface area contributed by atoms with Crippen LogP contribution in [0.15, 0.2) is 0 Å². The number of carbonyl (C=O) groups is 1. The van der Waals surface area contributed by atoms with Gasteiger partial charge in [0, 0.05) is 18.2 Å².